The lowest BCUT2D eigenvalue weighted by molar-refractivity contribution is 0.113. The maximum atomic E-state index is 9.22. The Morgan fingerprint density at radius 2 is 2.27 bits per heavy atom. The van der Waals surface area contributed by atoms with E-state index >= 15 is 0 Å². The number of nitrogens with two attached hydrogens (primary N) is 1. The van der Waals surface area contributed by atoms with E-state index in [1.807, 2.05) is 0 Å². The molecular formula is C10H14BrNO3. The van der Waals surface area contributed by atoms with Crippen molar-refractivity contribution in [3.05, 3.63) is 22.7 Å². The zero-order chi connectivity index (χ0) is 11.3. The Labute approximate surface area is 97.1 Å². The van der Waals surface area contributed by atoms with Crippen molar-refractivity contribution >= 4 is 15.9 Å². The van der Waals surface area contributed by atoms with Gasteiger partial charge in [0.25, 0.3) is 0 Å². The Balaban J connectivity index is 2.62. The van der Waals surface area contributed by atoms with Crippen molar-refractivity contribution in [3.63, 3.8) is 0 Å². The summed E-state index contributed by atoms with van der Waals surface area (Å²) in [5.74, 6) is 1.40. The van der Waals surface area contributed by atoms with Gasteiger partial charge in [0.05, 0.1) is 11.6 Å². The summed E-state index contributed by atoms with van der Waals surface area (Å²) >= 11 is 3.34. The predicted octanol–water partition coefficient (Wildman–Crippen LogP) is 1.16. The number of benzene rings is 1. The van der Waals surface area contributed by atoms with Crippen molar-refractivity contribution < 1.29 is 14.6 Å². The van der Waals surface area contributed by atoms with Crippen molar-refractivity contribution in [2.75, 3.05) is 20.3 Å². The minimum Gasteiger partial charge on any atom is -0.497 e. The number of ether oxygens (including phenoxy) is 2. The van der Waals surface area contributed by atoms with Gasteiger partial charge in [-0.3, -0.25) is 0 Å². The van der Waals surface area contributed by atoms with Gasteiger partial charge >= 0.3 is 0 Å². The Morgan fingerprint density at radius 1 is 1.53 bits per heavy atom. The Hall–Kier alpha value is -0.780. The summed E-state index contributed by atoms with van der Waals surface area (Å²) < 4.78 is 11.2. The van der Waals surface area contributed by atoms with Crippen molar-refractivity contribution in [2.24, 2.45) is 5.73 Å². The minimum atomic E-state index is -0.640. The van der Waals surface area contributed by atoms with Crippen LogP contribution >= 0.6 is 15.9 Å². The van der Waals surface area contributed by atoms with Crippen molar-refractivity contribution in [2.45, 2.75) is 6.10 Å². The molecule has 1 unspecified atom stereocenters. The summed E-state index contributed by atoms with van der Waals surface area (Å²) in [7, 11) is 1.60. The van der Waals surface area contributed by atoms with E-state index in [4.69, 9.17) is 15.2 Å². The monoisotopic (exact) mass is 275 g/mol. The van der Waals surface area contributed by atoms with Crippen LogP contribution in [-0.4, -0.2) is 31.5 Å². The van der Waals surface area contributed by atoms with Crippen molar-refractivity contribution in [1.82, 2.24) is 0 Å². The first-order valence-electron chi connectivity index (χ1n) is 4.52. The maximum Gasteiger partial charge on any atom is 0.133 e. The minimum absolute atomic E-state index is 0.182. The van der Waals surface area contributed by atoms with E-state index in [0.717, 1.165) is 10.2 Å². The van der Waals surface area contributed by atoms with E-state index < -0.39 is 6.10 Å². The van der Waals surface area contributed by atoms with E-state index in [0.29, 0.717) is 5.75 Å². The number of aliphatic hydroxyl groups is 1. The molecule has 0 fully saturated rings. The highest BCUT2D eigenvalue weighted by Gasteiger charge is 2.06. The molecule has 0 aliphatic carbocycles. The number of aliphatic hydroxyl groups excluding tert-OH is 1. The third kappa shape index (κ3) is 3.70. The summed E-state index contributed by atoms with van der Waals surface area (Å²) in [5.41, 5.74) is 5.26. The molecule has 0 saturated heterocycles. The average Bonchev–Trinajstić information content (AvgIpc) is 2.26. The first-order chi connectivity index (χ1) is 7.17. The van der Waals surface area contributed by atoms with Gasteiger partial charge in [0.2, 0.25) is 0 Å². The predicted molar refractivity (Wildman–Crippen MR) is 61.3 cm³/mol. The molecule has 84 valence electrons. The molecule has 3 N–H and O–H groups in total. The van der Waals surface area contributed by atoms with E-state index in [-0.39, 0.29) is 13.2 Å². The molecule has 5 heteroatoms. The van der Waals surface area contributed by atoms with Gasteiger partial charge in [-0.2, -0.15) is 0 Å². The van der Waals surface area contributed by atoms with Crippen LogP contribution < -0.4 is 15.2 Å². The number of hydrogen-bond acceptors (Lipinski definition) is 4. The van der Waals surface area contributed by atoms with Gasteiger partial charge in [-0.25, -0.2) is 0 Å². The Kier molecular flexibility index (Phi) is 4.87. The normalized spacial score (nSPS) is 12.3. The van der Waals surface area contributed by atoms with Crippen LogP contribution in [0, 0.1) is 0 Å². The van der Waals surface area contributed by atoms with Gasteiger partial charge in [0.15, 0.2) is 0 Å². The van der Waals surface area contributed by atoms with Crippen molar-refractivity contribution in [1.29, 1.82) is 0 Å². The SMILES string of the molecule is COc1ccc(OCC(O)CN)c(Br)c1. The van der Waals surface area contributed by atoms with Gasteiger partial charge in [0.1, 0.15) is 24.2 Å². The lowest BCUT2D eigenvalue weighted by Gasteiger charge is -2.12. The summed E-state index contributed by atoms with van der Waals surface area (Å²) in [6, 6.07) is 5.35. The summed E-state index contributed by atoms with van der Waals surface area (Å²) in [4.78, 5) is 0. The third-order valence-electron chi connectivity index (χ3n) is 1.84. The molecule has 0 aromatic heterocycles. The lowest BCUT2D eigenvalue weighted by Crippen LogP contribution is -2.26. The number of rotatable bonds is 5. The molecule has 0 amide bonds. The second kappa shape index (κ2) is 5.95. The van der Waals surface area contributed by atoms with E-state index in [1.165, 1.54) is 0 Å². The highest BCUT2D eigenvalue weighted by molar-refractivity contribution is 9.10. The van der Waals surface area contributed by atoms with Crippen LogP contribution in [0.5, 0.6) is 11.5 Å². The topological polar surface area (TPSA) is 64.7 Å². The first kappa shape index (κ1) is 12.3. The number of hydrogen-bond donors (Lipinski definition) is 2. The van der Waals surface area contributed by atoms with Crippen LogP contribution in [0.25, 0.3) is 0 Å². The summed E-state index contributed by atoms with van der Waals surface area (Å²) in [6.07, 6.45) is -0.640. The standard InChI is InChI=1S/C10H14BrNO3/c1-14-8-2-3-10(9(11)4-8)15-6-7(13)5-12/h2-4,7,13H,5-6,12H2,1H3. The van der Waals surface area contributed by atoms with Crippen LogP contribution in [0.1, 0.15) is 0 Å². The number of halogens is 1. The number of methoxy groups -OCH3 is 1. The quantitative estimate of drug-likeness (QED) is 0.847. The van der Waals surface area contributed by atoms with Gasteiger partial charge in [0, 0.05) is 6.54 Å². The zero-order valence-corrected chi connectivity index (χ0v) is 10.0. The molecule has 0 bridgehead atoms. The van der Waals surface area contributed by atoms with Gasteiger partial charge in [-0.15, -0.1) is 0 Å². The maximum absolute atomic E-state index is 9.22. The molecule has 15 heavy (non-hydrogen) atoms. The molecule has 0 spiro atoms. The van der Waals surface area contributed by atoms with Crippen LogP contribution in [0.15, 0.2) is 22.7 Å². The molecule has 4 nitrogen and oxygen atoms in total. The molecule has 1 aromatic carbocycles. The van der Waals surface area contributed by atoms with E-state index in [9.17, 15) is 5.11 Å². The van der Waals surface area contributed by atoms with E-state index in [1.54, 1.807) is 25.3 Å². The van der Waals surface area contributed by atoms with Crippen molar-refractivity contribution in [3.8, 4) is 11.5 Å². The van der Waals surface area contributed by atoms with Crippen LogP contribution in [0.4, 0.5) is 0 Å². The van der Waals surface area contributed by atoms with Crippen LogP contribution in [0.3, 0.4) is 0 Å². The average molecular weight is 276 g/mol. The first-order valence-corrected chi connectivity index (χ1v) is 5.31. The fourth-order valence-electron chi connectivity index (χ4n) is 0.980. The fraction of sp³-hybridized carbons (Fsp3) is 0.400. The van der Waals surface area contributed by atoms with Gasteiger partial charge in [-0.05, 0) is 34.1 Å². The highest BCUT2D eigenvalue weighted by atomic mass is 79.9. The van der Waals surface area contributed by atoms with Gasteiger partial charge in [-0.1, -0.05) is 0 Å². The second-order valence-corrected chi connectivity index (χ2v) is 3.85. The highest BCUT2D eigenvalue weighted by Crippen LogP contribution is 2.29. The molecule has 0 aliphatic rings. The molecule has 1 rings (SSSR count). The smallest absolute Gasteiger partial charge is 0.133 e. The Bertz CT molecular complexity index is 320. The van der Waals surface area contributed by atoms with Crippen LogP contribution in [-0.2, 0) is 0 Å². The van der Waals surface area contributed by atoms with Gasteiger partial charge < -0.3 is 20.3 Å². The van der Waals surface area contributed by atoms with Crippen LogP contribution in [0.2, 0.25) is 0 Å². The molecule has 1 atom stereocenters. The molecule has 0 aliphatic heterocycles. The Morgan fingerprint density at radius 3 is 2.80 bits per heavy atom. The zero-order valence-electron chi connectivity index (χ0n) is 8.44. The fourth-order valence-corrected chi connectivity index (χ4v) is 1.45. The summed E-state index contributed by atoms with van der Waals surface area (Å²) in [6.45, 7) is 0.370. The molecule has 0 heterocycles. The molecular weight excluding hydrogens is 262 g/mol. The lowest BCUT2D eigenvalue weighted by atomic mass is 10.3. The summed E-state index contributed by atoms with van der Waals surface area (Å²) in [5, 5.41) is 9.22. The largest absolute Gasteiger partial charge is 0.497 e. The molecule has 0 saturated carbocycles. The second-order valence-electron chi connectivity index (χ2n) is 3.00. The molecule has 1 aromatic rings. The van der Waals surface area contributed by atoms with E-state index in [2.05, 4.69) is 15.9 Å². The molecule has 0 radical (unpaired) electrons. The third-order valence-corrected chi connectivity index (χ3v) is 2.46.